The molecule has 0 radical (unpaired) electrons. The molecule has 1 heterocycles. The summed E-state index contributed by atoms with van der Waals surface area (Å²) in [6.45, 7) is 5.29. The van der Waals surface area contributed by atoms with Gasteiger partial charge in [-0.3, -0.25) is 4.79 Å². The third-order valence-corrected chi connectivity index (χ3v) is 5.20. The van der Waals surface area contributed by atoms with Gasteiger partial charge < -0.3 is 4.74 Å². The molecule has 104 valence electrons. The van der Waals surface area contributed by atoms with Gasteiger partial charge in [0.25, 0.3) is 0 Å². The van der Waals surface area contributed by atoms with Crippen LogP contribution in [-0.4, -0.2) is 12.6 Å². The van der Waals surface area contributed by atoms with Crippen LogP contribution in [0.2, 0.25) is 0 Å². The summed E-state index contributed by atoms with van der Waals surface area (Å²) in [7, 11) is 0. The van der Waals surface area contributed by atoms with Crippen LogP contribution in [-0.2, 0) is 9.53 Å². The number of carbonyl (C=O) groups excluding carboxylic acids is 1. The first-order chi connectivity index (χ1) is 8.74. The van der Waals surface area contributed by atoms with Crippen LogP contribution in [0.5, 0.6) is 0 Å². The van der Waals surface area contributed by atoms with E-state index in [4.69, 9.17) is 4.74 Å². The van der Waals surface area contributed by atoms with Crippen molar-refractivity contribution in [2.75, 3.05) is 6.61 Å². The van der Waals surface area contributed by atoms with Crippen LogP contribution in [0, 0.1) is 23.7 Å². The molecule has 1 saturated heterocycles. The maximum Gasteiger partial charge on any atom is 0.308 e. The fourth-order valence-electron chi connectivity index (χ4n) is 3.94. The molecule has 0 N–H and O–H groups in total. The van der Waals surface area contributed by atoms with Gasteiger partial charge in [0.1, 0.15) is 0 Å². The Hall–Kier alpha value is -0.530. The van der Waals surface area contributed by atoms with Crippen molar-refractivity contribution in [1.82, 2.24) is 0 Å². The Kier molecular flexibility index (Phi) is 5.08. The first kappa shape index (κ1) is 13.9. The van der Waals surface area contributed by atoms with E-state index in [0.717, 1.165) is 37.0 Å². The Morgan fingerprint density at radius 1 is 1.11 bits per heavy atom. The molecule has 0 bridgehead atoms. The first-order valence-electron chi connectivity index (χ1n) is 7.91. The normalized spacial score (nSPS) is 36.7. The largest absolute Gasteiger partial charge is 0.465 e. The summed E-state index contributed by atoms with van der Waals surface area (Å²) in [5.74, 6) is 3.00. The van der Waals surface area contributed by atoms with Gasteiger partial charge in [-0.2, -0.15) is 0 Å². The molecule has 0 amide bonds. The van der Waals surface area contributed by atoms with E-state index in [1.807, 2.05) is 0 Å². The third kappa shape index (κ3) is 3.27. The standard InChI is InChI=1S/C16H28O2/c1-3-12-10-13(4-2)15(11-12)8-7-14-6-5-9-18-16(14)17/h12-15H,3-11H2,1-2H3. The van der Waals surface area contributed by atoms with Crippen LogP contribution in [0.15, 0.2) is 0 Å². The van der Waals surface area contributed by atoms with Gasteiger partial charge in [-0.25, -0.2) is 0 Å². The number of carbonyl (C=O) groups is 1. The zero-order valence-electron chi connectivity index (χ0n) is 12.0. The maximum atomic E-state index is 11.6. The summed E-state index contributed by atoms with van der Waals surface area (Å²) < 4.78 is 5.16. The maximum absolute atomic E-state index is 11.6. The Labute approximate surface area is 111 Å². The quantitative estimate of drug-likeness (QED) is 0.686. The number of hydrogen-bond acceptors (Lipinski definition) is 2. The van der Waals surface area contributed by atoms with Gasteiger partial charge >= 0.3 is 5.97 Å². The molecule has 2 heteroatoms. The minimum Gasteiger partial charge on any atom is -0.465 e. The van der Waals surface area contributed by atoms with Crippen LogP contribution >= 0.6 is 0 Å². The second kappa shape index (κ2) is 6.58. The van der Waals surface area contributed by atoms with Crippen molar-refractivity contribution >= 4 is 5.97 Å². The van der Waals surface area contributed by atoms with Gasteiger partial charge in [0.15, 0.2) is 0 Å². The lowest BCUT2D eigenvalue weighted by Gasteiger charge is -2.24. The topological polar surface area (TPSA) is 26.3 Å². The zero-order valence-corrected chi connectivity index (χ0v) is 12.0. The number of rotatable bonds is 5. The lowest BCUT2D eigenvalue weighted by atomic mass is 9.85. The molecule has 0 spiro atoms. The molecule has 0 aromatic heterocycles. The second-order valence-corrected chi connectivity index (χ2v) is 6.26. The minimum atomic E-state index is 0.0688. The highest BCUT2D eigenvalue weighted by molar-refractivity contribution is 5.72. The monoisotopic (exact) mass is 252 g/mol. The summed E-state index contributed by atoms with van der Waals surface area (Å²) in [5, 5.41) is 0. The number of esters is 1. The second-order valence-electron chi connectivity index (χ2n) is 6.26. The van der Waals surface area contributed by atoms with Crippen LogP contribution < -0.4 is 0 Å². The highest BCUT2D eigenvalue weighted by atomic mass is 16.5. The predicted octanol–water partition coefficient (Wildman–Crippen LogP) is 4.18. The van der Waals surface area contributed by atoms with E-state index in [1.165, 1.54) is 32.1 Å². The molecule has 2 rings (SSSR count). The minimum absolute atomic E-state index is 0.0688. The Morgan fingerprint density at radius 2 is 1.89 bits per heavy atom. The molecular weight excluding hydrogens is 224 g/mol. The molecule has 1 aliphatic carbocycles. The number of ether oxygens (including phenoxy) is 1. The molecule has 2 aliphatic rings. The van der Waals surface area contributed by atoms with Crippen LogP contribution in [0.3, 0.4) is 0 Å². The van der Waals surface area contributed by atoms with Crippen molar-refractivity contribution in [3.8, 4) is 0 Å². The van der Waals surface area contributed by atoms with E-state index < -0.39 is 0 Å². The zero-order chi connectivity index (χ0) is 13.0. The molecular formula is C16H28O2. The smallest absolute Gasteiger partial charge is 0.308 e. The summed E-state index contributed by atoms with van der Waals surface area (Å²) in [4.78, 5) is 11.6. The third-order valence-electron chi connectivity index (χ3n) is 5.20. The Morgan fingerprint density at radius 3 is 2.56 bits per heavy atom. The summed E-state index contributed by atoms with van der Waals surface area (Å²) in [6.07, 6.45) is 9.90. The Bertz CT molecular complexity index is 274. The van der Waals surface area contributed by atoms with E-state index in [9.17, 15) is 4.79 Å². The van der Waals surface area contributed by atoms with Crippen LogP contribution in [0.1, 0.15) is 65.2 Å². The SMILES string of the molecule is CCC1CC(CC)C(CCC2CCCOC2=O)C1. The highest BCUT2D eigenvalue weighted by Gasteiger charge is 2.33. The van der Waals surface area contributed by atoms with Crippen molar-refractivity contribution in [3.63, 3.8) is 0 Å². The predicted molar refractivity (Wildman–Crippen MR) is 73.2 cm³/mol. The average Bonchev–Trinajstić information content (AvgIpc) is 2.80. The van der Waals surface area contributed by atoms with E-state index in [1.54, 1.807) is 0 Å². The van der Waals surface area contributed by atoms with E-state index in [-0.39, 0.29) is 11.9 Å². The van der Waals surface area contributed by atoms with E-state index in [0.29, 0.717) is 6.61 Å². The molecule has 4 unspecified atom stereocenters. The Balaban J connectivity index is 1.79. The fourth-order valence-corrected chi connectivity index (χ4v) is 3.94. The molecule has 0 aromatic rings. The molecule has 1 saturated carbocycles. The lowest BCUT2D eigenvalue weighted by molar-refractivity contribution is -0.153. The average molecular weight is 252 g/mol. The van der Waals surface area contributed by atoms with Crippen molar-refractivity contribution < 1.29 is 9.53 Å². The molecule has 4 atom stereocenters. The van der Waals surface area contributed by atoms with Gasteiger partial charge in [0.05, 0.1) is 12.5 Å². The molecule has 2 fully saturated rings. The van der Waals surface area contributed by atoms with E-state index >= 15 is 0 Å². The summed E-state index contributed by atoms with van der Waals surface area (Å²) >= 11 is 0. The van der Waals surface area contributed by atoms with Gasteiger partial charge in [0.2, 0.25) is 0 Å². The van der Waals surface area contributed by atoms with E-state index in [2.05, 4.69) is 13.8 Å². The number of hydrogen-bond donors (Lipinski definition) is 0. The fraction of sp³-hybridized carbons (Fsp3) is 0.938. The lowest BCUT2D eigenvalue weighted by Crippen LogP contribution is -2.24. The van der Waals surface area contributed by atoms with Crippen molar-refractivity contribution in [1.29, 1.82) is 0 Å². The molecule has 1 aliphatic heterocycles. The molecule has 2 nitrogen and oxygen atoms in total. The van der Waals surface area contributed by atoms with Crippen LogP contribution in [0.25, 0.3) is 0 Å². The van der Waals surface area contributed by atoms with Crippen LogP contribution in [0.4, 0.5) is 0 Å². The van der Waals surface area contributed by atoms with Gasteiger partial charge in [0, 0.05) is 0 Å². The van der Waals surface area contributed by atoms with Crippen molar-refractivity contribution in [2.45, 2.75) is 65.2 Å². The molecule has 0 aromatic carbocycles. The van der Waals surface area contributed by atoms with Crippen molar-refractivity contribution in [3.05, 3.63) is 0 Å². The molecule has 18 heavy (non-hydrogen) atoms. The van der Waals surface area contributed by atoms with Gasteiger partial charge in [-0.15, -0.1) is 0 Å². The summed E-state index contributed by atoms with van der Waals surface area (Å²) in [5.41, 5.74) is 0. The number of cyclic esters (lactones) is 1. The summed E-state index contributed by atoms with van der Waals surface area (Å²) in [6, 6.07) is 0. The van der Waals surface area contributed by atoms with Gasteiger partial charge in [-0.1, -0.05) is 26.7 Å². The van der Waals surface area contributed by atoms with Crippen molar-refractivity contribution in [2.24, 2.45) is 23.7 Å². The highest BCUT2D eigenvalue weighted by Crippen LogP contribution is 2.43. The first-order valence-corrected chi connectivity index (χ1v) is 7.91. The van der Waals surface area contributed by atoms with Gasteiger partial charge in [-0.05, 0) is 56.3 Å².